The van der Waals surface area contributed by atoms with Crippen LogP contribution in [0.1, 0.15) is 0 Å². The molecule has 3 nitrogen and oxygen atoms in total. The second kappa shape index (κ2) is 4.64. The smallest absolute Gasteiger partial charge is 0.143 e. The molecule has 0 bridgehead atoms. The highest BCUT2D eigenvalue weighted by molar-refractivity contribution is 9.10. The van der Waals surface area contributed by atoms with E-state index < -0.39 is 0 Å². The summed E-state index contributed by atoms with van der Waals surface area (Å²) in [6, 6.07) is 1.87. The van der Waals surface area contributed by atoms with Crippen LogP contribution in [0.5, 0.6) is 0 Å². The molecule has 0 amide bonds. The van der Waals surface area contributed by atoms with Crippen molar-refractivity contribution >= 4 is 33.2 Å². The molecule has 0 unspecified atom stereocenters. The van der Waals surface area contributed by atoms with Gasteiger partial charge in [-0.15, -0.1) is 0 Å². The van der Waals surface area contributed by atoms with Crippen LogP contribution in [-0.4, -0.2) is 18.1 Å². The number of nitrogens with one attached hydrogen (secondary N) is 1. The summed E-state index contributed by atoms with van der Waals surface area (Å²) in [6.45, 7) is 1.33. The van der Waals surface area contributed by atoms with Crippen molar-refractivity contribution in [3.63, 3.8) is 0 Å². The number of pyridine rings is 1. The number of rotatable bonds is 3. The second-order valence-corrected chi connectivity index (χ2v) is 3.42. The Morgan fingerprint density at radius 1 is 1.67 bits per heavy atom. The molecule has 0 spiro atoms. The van der Waals surface area contributed by atoms with Crippen LogP contribution in [0.3, 0.4) is 0 Å². The Hall–Kier alpha value is -0.320. The third kappa shape index (κ3) is 2.62. The normalized spacial score (nSPS) is 9.92. The summed E-state index contributed by atoms with van der Waals surface area (Å²) in [5.41, 5.74) is 6.24. The van der Waals surface area contributed by atoms with E-state index in [1.165, 1.54) is 0 Å². The third-order valence-corrected chi connectivity index (χ3v) is 2.40. The van der Waals surface area contributed by atoms with Gasteiger partial charge in [-0.1, -0.05) is 11.6 Å². The number of halogens is 2. The largest absolute Gasteiger partial charge is 0.382 e. The number of hydrogen-bond acceptors (Lipinski definition) is 3. The lowest BCUT2D eigenvalue weighted by Crippen LogP contribution is -2.13. The van der Waals surface area contributed by atoms with Crippen molar-refractivity contribution in [3.8, 4) is 0 Å². The van der Waals surface area contributed by atoms with Gasteiger partial charge < -0.3 is 11.1 Å². The minimum atomic E-state index is 0.466. The summed E-state index contributed by atoms with van der Waals surface area (Å²) in [6.07, 6.45) is 1.67. The van der Waals surface area contributed by atoms with Gasteiger partial charge in [-0.3, -0.25) is 0 Å². The first kappa shape index (κ1) is 9.77. The summed E-state index contributed by atoms with van der Waals surface area (Å²) in [5.74, 6) is 0. The number of nitrogens with two attached hydrogens (primary N) is 1. The third-order valence-electron chi connectivity index (χ3n) is 1.27. The second-order valence-electron chi connectivity index (χ2n) is 2.21. The maximum atomic E-state index is 5.70. The van der Waals surface area contributed by atoms with Crippen molar-refractivity contribution in [1.82, 2.24) is 4.98 Å². The molecule has 0 aliphatic heterocycles. The molecule has 0 saturated carbocycles. The fraction of sp³-hybridized carbons (Fsp3) is 0.286. The first-order valence-corrected chi connectivity index (χ1v) is 4.66. The van der Waals surface area contributed by atoms with Gasteiger partial charge in [-0.05, 0) is 22.0 Å². The predicted molar refractivity (Wildman–Crippen MR) is 54.5 cm³/mol. The zero-order valence-corrected chi connectivity index (χ0v) is 8.69. The lowest BCUT2D eigenvalue weighted by Gasteiger charge is -2.04. The van der Waals surface area contributed by atoms with Gasteiger partial charge in [0.2, 0.25) is 0 Å². The molecule has 0 aliphatic carbocycles. The lowest BCUT2D eigenvalue weighted by atomic mass is 10.4. The molecular formula is C7H9BrClN3. The molecule has 3 N–H and O–H groups in total. The summed E-state index contributed by atoms with van der Waals surface area (Å²) in [7, 11) is 0. The minimum absolute atomic E-state index is 0.466. The molecule has 12 heavy (non-hydrogen) atoms. The van der Waals surface area contributed by atoms with E-state index in [2.05, 4.69) is 26.2 Å². The van der Waals surface area contributed by atoms with Crippen molar-refractivity contribution < 1.29 is 0 Å². The van der Waals surface area contributed by atoms with Crippen molar-refractivity contribution in [1.29, 1.82) is 0 Å². The Morgan fingerprint density at radius 3 is 3.00 bits per heavy atom. The molecule has 66 valence electrons. The highest BCUT2D eigenvalue weighted by Gasteiger charge is 1.98. The highest BCUT2D eigenvalue weighted by Crippen LogP contribution is 2.22. The predicted octanol–water partition coefficient (Wildman–Crippen LogP) is 1.87. The van der Waals surface area contributed by atoms with Gasteiger partial charge in [0, 0.05) is 13.1 Å². The molecule has 0 radical (unpaired) electrons. The number of anilines is 1. The lowest BCUT2D eigenvalue weighted by molar-refractivity contribution is 1.02. The first-order valence-electron chi connectivity index (χ1n) is 3.49. The average Bonchev–Trinajstić information content (AvgIpc) is 2.07. The Labute approximate surface area is 84.4 Å². The van der Waals surface area contributed by atoms with Gasteiger partial charge in [0.05, 0.1) is 16.4 Å². The molecule has 0 saturated heterocycles. The SMILES string of the molecule is NCCNc1cnc(Cl)c(Br)c1. The summed E-state index contributed by atoms with van der Waals surface area (Å²) >= 11 is 8.98. The molecule has 1 aromatic rings. The van der Waals surface area contributed by atoms with E-state index in [4.69, 9.17) is 17.3 Å². The van der Waals surface area contributed by atoms with E-state index in [0.29, 0.717) is 11.7 Å². The van der Waals surface area contributed by atoms with E-state index >= 15 is 0 Å². The molecule has 0 atom stereocenters. The molecule has 0 aliphatic rings. The topological polar surface area (TPSA) is 50.9 Å². The summed E-state index contributed by atoms with van der Waals surface area (Å²) in [5, 5.41) is 3.55. The van der Waals surface area contributed by atoms with Crippen LogP contribution in [0.2, 0.25) is 5.15 Å². The molecule has 1 aromatic heterocycles. The molecule has 1 rings (SSSR count). The van der Waals surface area contributed by atoms with Crippen LogP contribution in [0.4, 0.5) is 5.69 Å². The van der Waals surface area contributed by atoms with Crippen LogP contribution in [0.15, 0.2) is 16.7 Å². The van der Waals surface area contributed by atoms with Crippen molar-refractivity contribution in [3.05, 3.63) is 21.9 Å². The van der Waals surface area contributed by atoms with Gasteiger partial charge >= 0.3 is 0 Å². The van der Waals surface area contributed by atoms with E-state index in [1.807, 2.05) is 6.07 Å². The van der Waals surface area contributed by atoms with E-state index in [9.17, 15) is 0 Å². The maximum absolute atomic E-state index is 5.70. The molecule has 0 fully saturated rings. The zero-order valence-electron chi connectivity index (χ0n) is 6.35. The van der Waals surface area contributed by atoms with E-state index in [0.717, 1.165) is 16.7 Å². The molecule has 0 aromatic carbocycles. The van der Waals surface area contributed by atoms with Crippen LogP contribution in [0.25, 0.3) is 0 Å². The fourth-order valence-electron chi connectivity index (χ4n) is 0.734. The average molecular weight is 251 g/mol. The Bertz CT molecular complexity index is 267. The first-order chi connectivity index (χ1) is 5.74. The molecule has 5 heteroatoms. The standard InChI is InChI=1S/C7H9BrClN3/c8-6-3-5(11-2-1-10)4-12-7(6)9/h3-4,11H,1-2,10H2. The Balaban J connectivity index is 2.69. The minimum Gasteiger partial charge on any atom is -0.382 e. The molecular weight excluding hydrogens is 241 g/mol. The van der Waals surface area contributed by atoms with Gasteiger partial charge in [0.15, 0.2) is 0 Å². The Morgan fingerprint density at radius 2 is 2.42 bits per heavy atom. The molecule has 1 heterocycles. The number of aromatic nitrogens is 1. The van der Waals surface area contributed by atoms with E-state index in [-0.39, 0.29) is 0 Å². The van der Waals surface area contributed by atoms with Crippen molar-refractivity contribution in [2.24, 2.45) is 5.73 Å². The number of nitrogens with zero attached hydrogens (tertiary/aromatic N) is 1. The van der Waals surface area contributed by atoms with Gasteiger partial charge in [-0.25, -0.2) is 4.98 Å². The van der Waals surface area contributed by atoms with Crippen LogP contribution < -0.4 is 11.1 Å². The monoisotopic (exact) mass is 249 g/mol. The fourth-order valence-corrected chi connectivity index (χ4v) is 1.19. The quantitative estimate of drug-likeness (QED) is 0.805. The highest BCUT2D eigenvalue weighted by atomic mass is 79.9. The number of hydrogen-bond donors (Lipinski definition) is 2. The van der Waals surface area contributed by atoms with Crippen molar-refractivity contribution in [2.45, 2.75) is 0 Å². The Kier molecular flexibility index (Phi) is 3.78. The van der Waals surface area contributed by atoms with E-state index in [1.54, 1.807) is 6.20 Å². The zero-order chi connectivity index (χ0) is 8.97. The van der Waals surface area contributed by atoms with Gasteiger partial charge in [0.1, 0.15) is 5.15 Å². The summed E-state index contributed by atoms with van der Waals surface area (Å²) < 4.78 is 0.784. The van der Waals surface area contributed by atoms with Crippen LogP contribution in [0, 0.1) is 0 Å². The maximum Gasteiger partial charge on any atom is 0.143 e. The van der Waals surface area contributed by atoms with Crippen LogP contribution >= 0.6 is 27.5 Å². The van der Waals surface area contributed by atoms with Gasteiger partial charge in [-0.2, -0.15) is 0 Å². The van der Waals surface area contributed by atoms with Crippen molar-refractivity contribution in [2.75, 3.05) is 18.4 Å². The summed E-state index contributed by atoms with van der Waals surface area (Å²) in [4.78, 5) is 3.95. The van der Waals surface area contributed by atoms with Crippen LogP contribution in [-0.2, 0) is 0 Å². The van der Waals surface area contributed by atoms with Gasteiger partial charge in [0.25, 0.3) is 0 Å².